The highest BCUT2D eigenvalue weighted by molar-refractivity contribution is 5.75. The Morgan fingerprint density at radius 1 is 1.44 bits per heavy atom. The van der Waals surface area contributed by atoms with Crippen LogP contribution >= 0.6 is 0 Å². The molecular formula is C12H24N2O2. The van der Waals surface area contributed by atoms with Crippen molar-refractivity contribution in [3.05, 3.63) is 0 Å². The fraction of sp³-hybridized carbons (Fsp3) is 0.917. The van der Waals surface area contributed by atoms with Gasteiger partial charge in [0.2, 0.25) is 0 Å². The van der Waals surface area contributed by atoms with Gasteiger partial charge in [-0.3, -0.25) is 9.69 Å². The first-order valence-electron chi connectivity index (χ1n) is 6.41. The van der Waals surface area contributed by atoms with E-state index in [-0.39, 0.29) is 12.0 Å². The second kappa shape index (κ2) is 7.63. The van der Waals surface area contributed by atoms with Crippen LogP contribution in [0.1, 0.15) is 33.1 Å². The molecule has 1 N–H and O–H groups in total. The molecule has 0 saturated carbocycles. The monoisotopic (exact) mass is 228 g/mol. The first kappa shape index (κ1) is 13.5. The average molecular weight is 228 g/mol. The first-order valence-corrected chi connectivity index (χ1v) is 6.41. The third kappa shape index (κ3) is 4.10. The molecule has 0 aromatic heterocycles. The summed E-state index contributed by atoms with van der Waals surface area (Å²) in [6.45, 7) is 8.34. The van der Waals surface area contributed by atoms with Gasteiger partial charge in [0.1, 0.15) is 6.04 Å². The van der Waals surface area contributed by atoms with Crippen LogP contribution < -0.4 is 5.32 Å². The summed E-state index contributed by atoms with van der Waals surface area (Å²) < 4.78 is 5.12. The molecule has 94 valence electrons. The minimum absolute atomic E-state index is 0.00708. The molecule has 1 rings (SSSR count). The van der Waals surface area contributed by atoms with Crippen LogP contribution in [0.25, 0.3) is 0 Å². The summed E-state index contributed by atoms with van der Waals surface area (Å²) in [6, 6.07) is -0.00708. The molecule has 0 aromatic rings. The summed E-state index contributed by atoms with van der Waals surface area (Å²) >= 11 is 0. The van der Waals surface area contributed by atoms with Crippen LogP contribution in [0.5, 0.6) is 0 Å². The standard InChI is InChI=1S/C12H24N2O2/c1-3-13-8-10-14-9-6-5-7-11(14)12(15)16-4-2/h11,13H,3-10H2,1-2H3. The summed E-state index contributed by atoms with van der Waals surface area (Å²) in [5, 5.41) is 3.29. The van der Waals surface area contributed by atoms with E-state index < -0.39 is 0 Å². The fourth-order valence-electron chi connectivity index (χ4n) is 2.16. The molecule has 0 aliphatic carbocycles. The SMILES string of the molecule is CCNCCN1CCCCC1C(=O)OCC. The number of nitrogens with one attached hydrogen (secondary N) is 1. The number of carbonyl (C=O) groups is 1. The Bertz CT molecular complexity index is 209. The highest BCUT2D eigenvalue weighted by atomic mass is 16.5. The minimum atomic E-state index is -0.0429. The summed E-state index contributed by atoms with van der Waals surface area (Å²) in [6.07, 6.45) is 3.29. The Balaban J connectivity index is 2.40. The highest BCUT2D eigenvalue weighted by Gasteiger charge is 2.28. The lowest BCUT2D eigenvalue weighted by Crippen LogP contribution is -2.47. The second-order valence-corrected chi connectivity index (χ2v) is 4.15. The highest BCUT2D eigenvalue weighted by Crippen LogP contribution is 2.17. The fourth-order valence-corrected chi connectivity index (χ4v) is 2.16. The normalized spacial score (nSPS) is 22.0. The molecule has 1 heterocycles. The van der Waals surface area contributed by atoms with Gasteiger partial charge in [0.25, 0.3) is 0 Å². The molecule has 0 bridgehead atoms. The van der Waals surface area contributed by atoms with Crippen LogP contribution in [0, 0.1) is 0 Å². The summed E-state index contributed by atoms with van der Waals surface area (Å²) in [5.41, 5.74) is 0. The van der Waals surface area contributed by atoms with E-state index in [1.54, 1.807) is 0 Å². The summed E-state index contributed by atoms with van der Waals surface area (Å²) in [7, 11) is 0. The molecule has 16 heavy (non-hydrogen) atoms. The van der Waals surface area contributed by atoms with Crippen molar-refractivity contribution in [1.82, 2.24) is 10.2 Å². The van der Waals surface area contributed by atoms with Crippen molar-refractivity contribution in [1.29, 1.82) is 0 Å². The number of likely N-dealkylation sites (N-methyl/N-ethyl adjacent to an activating group) is 1. The lowest BCUT2D eigenvalue weighted by atomic mass is 10.0. The van der Waals surface area contributed by atoms with Crippen LogP contribution in [0.4, 0.5) is 0 Å². The van der Waals surface area contributed by atoms with Crippen LogP contribution in [0.2, 0.25) is 0 Å². The Kier molecular flexibility index (Phi) is 6.42. The maximum absolute atomic E-state index is 11.8. The molecule has 0 spiro atoms. The topological polar surface area (TPSA) is 41.6 Å². The Morgan fingerprint density at radius 2 is 2.25 bits per heavy atom. The predicted molar refractivity (Wildman–Crippen MR) is 64.4 cm³/mol. The second-order valence-electron chi connectivity index (χ2n) is 4.15. The number of carbonyl (C=O) groups excluding carboxylic acids is 1. The Hall–Kier alpha value is -0.610. The Labute approximate surface area is 98.3 Å². The van der Waals surface area contributed by atoms with Crippen LogP contribution in [0.3, 0.4) is 0 Å². The number of ether oxygens (including phenoxy) is 1. The number of hydrogen-bond acceptors (Lipinski definition) is 4. The lowest BCUT2D eigenvalue weighted by Gasteiger charge is -2.33. The molecule has 1 fully saturated rings. The van der Waals surface area contributed by atoms with Gasteiger partial charge < -0.3 is 10.1 Å². The third-order valence-electron chi connectivity index (χ3n) is 3.00. The molecule has 1 aliphatic heterocycles. The minimum Gasteiger partial charge on any atom is -0.465 e. The summed E-state index contributed by atoms with van der Waals surface area (Å²) in [4.78, 5) is 14.0. The predicted octanol–water partition coefficient (Wildman–Crippen LogP) is 1.01. The van der Waals surface area contributed by atoms with E-state index >= 15 is 0 Å². The maximum atomic E-state index is 11.8. The number of esters is 1. The van der Waals surface area contributed by atoms with Crippen LogP contribution in [-0.4, -0.2) is 49.7 Å². The van der Waals surface area contributed by atoms with Gasteiger partial charge >= 0.3 is 5.97 Å². The van der Waals surface area contributed by atoms with Gasteiger partial charge in [0, 0.05) is 13.1 Å². The molecule has 0 amide bonds. The van der Waals surface area contributed by atoms with Crippen molar-refractivity contribution in [2.45, 2.75) is 39.2 Å². The van der Waals surface area contributed by atoms with Gasteiger partial charge in [-0.25, -0.2) is 0 Å². The van der Waals surface area contributed by atoms with E-state index in [1.165, 1.54) is 6.42 Å². The van der Waals surface area contributed by atoms with Gasteiger partial charge in [-0.1, -0.05) is 13.3 Å². The van der Waals surface area contributed by atoms with Gasteiger partial charge in [0.15, 0.2) is 0 Å². The zero-order valence-electron chi connectivity index (χ0n) is 10.5. The first-order chi connectivity index (χ1) is 7.79. The zero-order chi connectivity index (χ0) is 11.8. The molecule has 0 aromatic carbocycles. The number of hydrogen-bond donors (Lipinski definition) is 1. The maximum Gasteiger partial charge on any atom is 0.323 e. The van der Waals surface area contributed by atoms with E-state index in [0.717, 1.165) is 39.0 Å². The summed E-state index contributed by atoms with van der Waals surface area (Å²) in [5.74, 6) is -0.0429. The third-order valence-corrected chi connectivity index (χ3v) is 3.00. The van der Waals surface area contributed by atoms with Gasteiger partial charge in [-0.05, 0) is 32.9 Å². The molecule has 1 saturated heterocycles. The largest absolute Gasteiger partial charge is 0.465 e. The zero-order valence-corrected chi connectivity index (χ0v) is 10.5. The number of rotatable bonds is 6. The molecule has 1 atom stereocenters. The smallest absolute Gasteiger partial charge is 0.323 e. The molecule has 0 radical (unpaired) electrons. The number of nitrogens with zero attached hydrogens (tertiary/aromatic N) is 1. The average Bonchev–Trinajstić information content (AvgIpc) is 2.30. The number of piperidine rings is 1. The Morgan fingerprint density at radius 3 is 2.94 bits per heavy atom. The van der Waals surface area contributed by atoms with E-state index in [4.69, 9.17) is 4.74 Å². The van der Waals surface area contributed by atoms with Crippen molar-refractivity contribution in [2.24, 2.45) is 0 Å². The van der Waals surface area contributed by atoms with E-state index in [2.05, 4.69) is 17.1 Å². The van der Waals surface area contributed by atoms with Gasteiger partial charge in [-0.2, -0.15) is 0 Å². The van der Waals surface area contributed by atoms with Crippen LogP contribution in [0.15, 0.2) is 0 Å². The molecule has 1 unspecified atom stereocenters. The molecule has 1 aliphatic rings. The van der Waals surface area contributed by atoms with Gasteiger partial charge in [0.05, 0.1) is 6.61 Å². The van der Waals surface area contributed by atoms with Gasteiger partial charge in [-0.15, -0.1) is 0 Å². The van der Waals surface area contributed by atoms with Crippen molar-refractivity contribution in [3.63, 3.8) is 0 Å². The van der Waals surface area contributed by atoms with Crippen molar-refractivity contribution < 1.29 is 9.53 Å². The van der Waals surface area contributed by atoms with Crippen molar-refractivity contribution in [3.8, 4) is 0 Å². The van der Waals surface area contributed by atoms with Crippen LogP contribution in [-0.2, 0) is 9.53 Å². The van der Waals surface area contributed by atoms with E-state index in [0.29, 0.717) is 6.61 Å². The van der Waals surface area contributed by atoms with Crippen molar-refractivity contribution in [2.75, 3.05) is 32.8 Å². The quantitative estimate of drug-likeness (QED) is 0.544. The number of likely N-dealkylation sites (tertiary alicyclic amines) is 1. The molecular weight excluding hydrogens is 204 g/mol. The lowest BCUT2D eigenvalue weighted by molar-refractivity contribution is -0.150. The van der Waals surface area contributed by atoms with E-state index in [9.17, 15) is 4.79 Å². The molecule has 4 nitrogen and oxygen atoms in total. The van der Waals surface area contributed by atoms with Crippen molar-refractivity contribution >= 4 is 5.97 Å². The molecule has 4 heteroatoms. The van der Waals surface area contributed by atoms with E-state index in [1.807, 2.05) is 6.92 Å².